The number of benzene rings is 1. The fourth-order valence-electron chi connectivity index (χ4n) is 1.91. The Morgan fingerprint density at radius 1 is 1.05 bits per heavy atom. The van der Waals surface area contributed by atoms with Gasteiger partial charge in [0, 0.05) is 6.54 Å². The van der Waals surface area contributed by atoms with Crippen molar-refractivity contribution in [3.63, 3.8) is 0 Å². The van der Waals surface area contributed by atoms with Crippen LogP contribution in [0.1, 0.15) is 18.4 Å². The lowest BCUT2D eigenvalue weighted by atomic mass is 10.1. The summed E-state index contributed by atoms with van der Waals surface area (Å²) in [7, 11) is 0. The molecule has 2 rings (SSSR count). The number of aromatic amines is 2. The number of rotatable bonds is 6. The van der Waals surface area contributed by atoms with Crippen LogP contribution in [0.15, 0.2) is 39.9 Å². The molecule has 2 aromatic rings. The zero-order chi connectivity index (χ0) is 14.4. The monoisotopic (exact) mass is 293 g/mol. The number of halogens is 1. The Morgan fingerprint density at radius 3 is 2.55 bits per heavy atom. The third kappa shape index (κ3) is 3.99. The van der Waals surface area contributed by atoms with Crippen LogP contribution in [0.3, 0.4) is 0 Å². The summed E-state index contributed by atoms with van der Waals surface area (Å²) in [6.07, 6.45) is 2.93. The van der Waals surface area contributed by atoms with Crippen LogP contribution < -0.4 is 16.6 Å². The number of nitrogens with one attached hydrogen (secondary N) is 3. The molecule has 1 heterocycles. The highest BCUT2D eigenvalue weighted by Gasteiger charge is 2.05. The number of unbranched alkanes of at least 4 members (excludes halogenated alkanes) is 1. The molecule has 0 saturated heterocycles. The van der Waals surface area contributed by atoms with E-state index in [4.69, 9.17) is 11.6 Å². The molecule has 0 radical (unpaired) electrons. The van der Waals surface area contributed by atoms with Gasteiger partial charge < -0.3 is 5.32 Å². The van der Waals surface area contributed by atoms with Crippen molar-refractivity contribution in [2.24, 2.45) is 0 Å². The van der Waals surface area contributed by atoms with Crippen molar-refractivity contribution in [3.05, 3.63) is 61.8 Å². The van der Waals surface area contributed by atoms with Gasteiger partial charge in [-0.1, -0.05) is 41.9 Å². The average molecular weight is 294 g/mol. The molecule has 1 aromatic carbocycles. The lowest BCUT2D eigenvalue weighted by molar-refractivity contribution is 0.760. The highest BCUT2D eigenvalue weighted by molar-refractivity contribution is 6.32. The normalized spacial score (nSPS) is 10.4. The second-order valence-electron chi connectivity index (χ2n) is 4.47. The maximum atomic E-state index is 11.3. The van der Waals surface area contributed by atoms with E-state index in [9.17, 15) is 9.59 Å². The Labute approximate surface area is 121 Å². The fraction of sp³-hybridized carbons (Fsp3) is 0.286. The van der Waals surface area contributed by atoms with Crippen LogP contribution in [0, 0.1) is 0 Å². The Hall–Kier alpha value is -2.01. The highest BCUT2D eigenvalue weighted by atomic mass is 35.5. The first-order valence-corrected chi connectivity index (χ1v) is 6.84. The van der Waals surface area contributed by atoms with Crippen molar-refractivity contribution in [3.8, 4) is 0 Å². The molecule has 20 heavy (non-hydrogen) atoms. The predicted molar refractivity (Wildman–Crippen MR) is 80.6 cm³/mol. The van der Waals surface area contributed by atoms with E-state index in [0.717, 1.165) is 19.3 Å². The van der Waals surface area contributed by atoms with Gasteiger partial charge in [-0.25, -0.2) is 4.79 Å². The van der Waals surface area contributed by atoms with Crippen LogP contribution in [-0.4, -0.2) is 16.5 Å². The van der Waals surface area contributed by atoms with Crippen molar-refractivity contribution < 1.29 is 0 Å². The SMILES string of the molecule is O=c1[nH]c(NCCCCc2ccccc2)c(Cl)c(=O)[nH]1. The first kappa shape index (κ1) is 14.4. The molecule has 106 valence electrons. The Bertz CT molecular complexity index is 664. The molecule has 5 nitrogen and oxygen atoms in total. The summed E-state index contributed by atoms with van der Waals surface area (Å²) in [6, 6.07) is 10.2. The molecule has 6 heteroatoms. The molecule has 0 aliphatic carbocycles. The van der Waals surface area contributed by atoms with Gasteiger partial charge >= 0.3 is 5.69 Å². The minimum absolute atomic E-state index is 0.0207. The lowest BCUT2D eigenvalue weighted by Gasteiger charge is -2.07. The molecule has 3 N–H and O–H groups in total. The van der Waals surface area contributed by atoms with E-state index in [1.807, 2.05) is 18.2 Å². The summed E-state index contributed by atoms with van der Waals surface area (Å²) >= 11 is 5.80. The summed E-state index contributed by atoms with van der Waals surface area (Å²) in [5.74, 6) is 0.278. The third-order valence-corrected chi connectivity index (χ3v) is 3.28. The van der Waals surface area contributed by atoms with E-state index in [1.165, 1.54) is 5.56 Å². The van der Waals surface area contributed by atoms with Crippen molar-refractivity contribution in [1.82, 2.24) is 9.97 Å². The maximum absolute atomic E-state index is 11.3. The van der Waals surface area contributed by atoms with Gasteiger partial charge in [0.25, 0.3) is 5.56 Å². The third-order valence-electron chi connectivity index (χ3n) is 2.92. The minimum Gasteiger partial charge on any atom is -0.370 e. The van der Waals surface area contributed by atoms with Crippen LogP contribution >= 0.6 is 11.6 Å². The molecule has 0 amide bonds. The summed E-state index contributed by atoms with van der Waals surface area (Å²) in [5.41, 5.74) is 0.156. The second kappa shape index (κ2) is 6.96. The molecule has 0 bridgehead atoms. The lowest BCUT2D eigenvalue weighted by Crippen LogP contribution is -2.24. The number of hydrogen-bond acceptors (Lipinski definition) is 3. The van der Waals surface area contributed by atoms with Crippen molar-refractivity contribution in [1.29, 1.82) is 0 Å². The summed E-state index contributed by atoms with van der Waals surface area (Å²) < 4.78 is 0. The Morgan fingerprint density at radius 2 is 1.80 bits per heavy atom. The standard InChI is InChI=1S/C14H16ClN3O2/c15-11-12(17-14(20)18-13(11)19)16-9-5-4-8-10-6-2-1-3-7-10/h1-3,6-7H,4-5,8-9H2,(H3,16,17,18,19,20). The van der Waals surface area contributed by atoms with Gasteiger partial charge in [0.1, 0.15) is 10.8 Å². The summed E-state index contributed by atoms with van der Waals surface area (Å²) in [6.45, 7) is 0.645. The van der Waals surface area contributed by atoms with E-state index < -0.39 is 11.2 Å². The Balaban J connectivity index is 1.79. The quantitative estimate of drug-likeness (QED) is 0.714. The van der Waals surface area contributed by atoms with Gasteiger partial charge in [-0.05, 0) is 24.8 Å². The molecule has 1 aromatic heterocycles. The Kier molecular flexibility index (Phi) is 5.01. The van der Waals surface area contributed by atoms with Gasteiger partial charge in [0.05, 0.1) is 0 Å². The largest absolute Gasteiger partial charge is 0.370 e. The molecule has 0 unspecified atom stereocenters. The van der Waals surface area contributed by atoms with Crippen LogP contribution in [0.25, 0.3) is 0 Å². The molecule has 0 aliphatic heterocycles. The molecule has 0 spiro atoms. The topological polar surface area (TPSA) is 77.8 Å². The van der Waals surface area contributed by atoms with Crippen molar-refractivity contribution >= 4 is 17.4 Å². The second-order valence-corrected chi connectivity index (χ2v) is 4.84. The molecular weight excluding hydrogens is 278 g/mol. The van der Waals surface area contributed by atoms with Gasteiger partial charge in [0.15, 0.2) is 0 Å². The highest BCUT2D eigenvalue weighted by Crippen LogP contribution is 2.11. The molecular formula is C14H16ClN3O2. The van der Waals surface area contributed by atoms with Crippen LogP contribution in [0.5, 0.6) is 0 Å². The van der Waals surface area contributed by atoms with Gasteiger partial charge in [-0.3, -0.25) is 14.8 Å². The van der Waals surface area contributed by atoms with E-state index in [0.29, 0.717) is 6.54 Å². The van der Waals surface area contributed by atoms with Crippen LogP contribution in [0.2, 0.25) is 5.02 Å². The number of H-pyrrole nitrogens is 2. The summed E-state index contributed by atoms with van der Waals surface area (Å²) in [5, 5.41) is 2.95. The van der Waals surface area contributed by atoms with Crippen LogP contribution in [0.4, 0.5) is 5.82 Å². The van der Waals surface area contributed by atoms with E-state index in [1.54, 1.807) is 0 Å². The van der Waals surface area contributed by atoms with E-state index in [-0.39, 0.29) is 10.8 Å². The van der Waals surface area contributed by atoms with Crippen molar-refractivity contribution in [2.45, 2.75) is 19.3 Å². The number of aryl methyl sites for hydroxylation is 1. The molecule has 0 atom stereocenters. The summed E-state index contributed by atoms with van der Waals surface area (Å²) in [4.78, 5) is 26.9. The minimum atomic E-state index is -0.581. The fourth-order valence-corrected chi connectivity index (χ4v) is 2.07. The number of aromatic nitrogens is 2. The van der Waals surface area contributed by atoms with Gasteiger partial charge in [-0.2, -0.15) is 0 Å². The smallest absolute Gasteiger partial charge is 0.327 e. The van der Waals surface area contributed by atoms with E-state index in [2.05, 4.69) is 27.4 Å². The zero-order valence-corrected chi connectivity index (χ0v) is 11.7. The molecule has 0 fully saturated rings. The predicted octanol–water partition coefficient (Wildman–Crippen LogP) is 2.15. The maximum Gasteiger partial charge on any atom is 0.327 e. The van der Waals surface area contributed by atoms with Crippen LogP contribution in [-0.2, 0) is 6.42 Å². The van der Waals surface area contributed by atoms with E-state index >= 15 is 0 Å². The van der Waals surface area contributed by atoms with Gasteiger partial charge in [-0.15, -0.1) is 0 Å². The van der Waals surface area contributed by atoms with Crippen molar-refractivity contribution in [2.75, 3.05) is 11.9 Å². The number of anilines is 1. The molecule has 0 saturated carbocycles. The molecule has 0 aliphatic rings. The zero-order valence-electron chi connectivity index (χ0n) is 10.9. The van der Waals surface area contributed by atoms with Gasteiger partial charge in [0.2, 0.25) is 0 Å². The average Bonchev–Trinajstić information content (AvgIpc) is 2.44. The first-order valence-electron chi connectivity index (χ1n) is 6.47. The first-order chi connectivity index (χ1) is 9.66. The number of hydrogen-bond donors (Lipinski definition) is 3.